The lowest BCUT2D eigenvalue weighted by Crippen LogP contribution is -2.38. The Morgan fingerprint density at radius 2 is 2.41 bits per heavy atom. The van der Waals surface area contributed by atoms with Crippen LogP contribution in [-0.4, -0.2) is 48.1 Å². The minimum Gasteiger partial charge on any atom is -0.337 e. The summed E-state index contributed by atoms with van der Waals surface area (Å²) in [5, 5.41) is 8.85. The first kappa shape index (κ1) is 11.8. The van der Waals surface area contributed by atoms with Gasteiger partial charge in [-0.2, -0.15) is 5.26 Å². The fourth-order valence-electron chi connectivity index (χ4n) is 2.26. The number of nitrogens with zero attached hydrogens (tertiary/aromatic N) is 5. The zero-order valence-corrected chi connectivity index (χ0v) is 10.3. The molecule has 0 aliphatic carbocycles. The van der Waals surface area contributed by atoms with E-state index >= 15 is 0 Å². The molecular formula is C12H17N5. The van der Waals surface area contributed by atoms with Gasteiger partial charge >= 0.3 is 0 Å². The van der Waals surface area contributed by atoms with E-state index < -0.39 is 0 Å². The van der Waals surface area contributed by atoms with Crippen molar-refractivity contribution in [2.24, 2.45) is 0 Å². The van der Waals surface area contributed by atoms with Gasteiger partial charge in [0.25, 0.3) is 0 Å². The van der Waals surface area contributed by atoms with Gasteiger partial charge in [-0.15, -0.1) is 0 Å². The third-order valence-electron chi connectivity index (χ3n) is 2.97. The SMILES string of the molecule is CN(C)CC1CCCN1c1nccc(C#N)n1. The normalized spacial score (nSPS) is 19.6. The summed E-state index contributed by atoms with van der Waals surface area (Å²) in [5.74, 6) is 0.688. The van der Waals surface area contributed by atoms with E-state index in [9.17, 15) is 0 Å². The molecule has 1 aromatic rings. The van der Waals surface area contributed by atoms with E-state index in [1.54, 1.807) is 12.3 Å². The molecule has 1 aliphatic rings. The molecule has 1 fully saturated rings. The Kier molecular flexibility index (Phi) is 3.55. The van der Waals surface area contributed by atoms with Crippen LogP contribution in [0, 0.1) is 11.3 Å². The minimum absolute atomic E-state index is 0.436. The topological polar surface area (TPSA) is 56.0 Å². The zero-order chi connectivity index (χ0) is 12.3. The van der Waals surface area contributed by atoms with Crippen LogP contribution in [0.25, 0.3) is 0 Å². The fourth-order valence-corrected chi connectivity index (χ4v) is 2.26. The smallest absolute Gasteiger partial charge is 0.226 e. The lowest BCUT2D eigenvalue weighted by Gasteiger charge is -2.26. The van der Waals surface area contributed by atoms with Crippen molar-refractivity contribution in [3.8, 4) is 6.07 Å². The first-order chi connectivity index (χ1) is 8.20. The number of hydrogen-bond donors (Lipinski definition) is 0. The lowest BCUT2D eigenvalue weighted by molar-refractivity contribution is 0.371. The van der Waals surface area contributed by atoms with Crippen LogP contribution in [-0.2, 0) is 0 Å². The standard InChI is InChI=1S/C12H17N5/c1-16(2)9-11-4-3-7-17(11)12-14-6-5-10(8-13)15-12/h5-6,11H,3-4,7,9H2,1-2H3. The number of anilines is 1. The Hall–Kier alpha value is -1.67. The van der Waals surface area contributed by atoms with Gasteiger partial charge in [0, 0.05) is 25.3 Å². The van der Waals surface area contributed by atoms with Crippen LogP contribution >= 0.6 is 0 Å². The van der Waals surface area contributed by atoms with Crippen LogP contribution in [0.3, 0.4) is 0 Å². The van der Waals surface area contributed by atoms with Crippen LogP contribution < -0.4 is 4.90 Å². The Morgan fingerprint density at radius 3 is 3.12 bits per heavy atom. The van der Waals surface area contributed by atoms with Crippen molar-refractivity contribution in [2.75, 3.05) is 32.1 Å². The molecule has 17 heavy (non-hydrogen) atoms. The second kappa shape index (κ2) is 5.11. The molecule has 1 atom stereocenters. The maximum atomic E-state index is 8.85. The van der Waals surface area contributed by atoms with Gasteiger partial charge < -0.3 is 9.80 Å². The molecule has 0 amide bonds. The van der Waals surface area contributed by atoms with Gasteiger partial charge in [0.15, 0.2) is 0 Å². The van der Waals surface area contributed by atoms with E-state index in [1.165, 1.54) is 12.8 Å². The number of nitriles is 1. The van der Waals surface area contributed by atoms with Gasteiger partial charge in [0.05, 0.1) is 0 Å². The molecule has 1 unspecified atom stereocenters. The third-order valence-corrected chi connectivity index (χ3v) is 2.97. The maximum Gasteiger partial charge on any atom is 0.226 e. The maximum absolute atomic E-state index is 8.85. The van der Waals surface area contributed by atoms with Gasteiger partial charge in [-0.05, 0) is 33.0 Å². The summed E-state index contributed by atoms with van der Waals surface area (Å²) in [4.78, 5) is 12.9. The first-order valence-corrected chi connectivity index (χ1v) is 5.85. The number of rotatable bonds is 3. The summed E-state index contributed by atoms with van der Waals surface area (Å²) in [6.45, 7) is 1.98. The van der Waals surface area contributed by atoms with E-state index in [1.807, 2.05) is 0 Å². The third kappa shape index (κ3) is 2.71. The van der Waals surface area contributed by atoms with E-state index in [0.29, 0.717) is 17.7 Å². The zero-order valence-electron chi connectivity index (χ0n) is 10.3. The van der Waals surface area contributed by atoms with Crippen LogP contribution in [0.5, 0.6) is 0 Å². The quantitative estimate of drug-likeness (QED) is 0.773. The van der Waals surface area contributed by atoms with Crippen molar-refractivity contribution in [3.05, 3.63) is 18.0 Å². The Balaban J connectivity index is 2.17. The monoisotopic (exact) mass is 231 g/mol. The summed E-state index contributed by atoms with van der Waals surface area (Å²) < 4.78 is 0. The molecule has 0 saturated carbocycles. The first-order valence-electron chi connectivity index (χ1n) is 5.85. The molecule has 0 radical (unpaired) electrons. The Morgan fingerprint density at radius 1 is 1.59 bits per heavy atom. The molecule has 0 spiro atoms. The van der Waals surface area contributed by atoms with Gasteiger partial charge in [-0.1, -0.05) is 0 Å². The van der Waals surface area contributed by atoms with Crippen LogP contribution in [0.15, 0.2) is 12.3 Å². The summed E-state index contributed by atoms with van der Waals surface area (Å²) in [7, 11) is 4.14. The number of likely N-dealkylation sites (N-methyl/N-ethyl adjacent to an activating group) is 1. The number of hydrogen-bond acceptors (Lipinski definition) is 5. The highest BCUT2D eigenvalue weighted by Gasteiger charge is 2.26. The van der Waals surface area contributed by atoms with Crippen molar-refractivity contribution in [2.45, 2.75) is 18.9 Å². The fraction of sp³-hybridized carbons (Fsp3) is 0.583. The molecule has 0 aromatic carbocycles. The predicted molar refractivity (Wildman–Crippen MR) is 65.7 cm³/mol. The molecule has 90 valence electrons. The van der Waals surface area contributed by atoms with Crippen molar-refractivity contribution < 1.29 is 0 Å². The van der Waals surface area contributed by atoms with Crippen molar-refractivity contribution in [1.29, 1.82) is 5.26 Å². The Bertz CT molecular complexity index is 423. The average Bonchev–Trinajstić information content (AvgIpc) is 2.76. The van der Waals surface area contributed by atoms with Crippen LogP contribution in [0.4, 0.5) is 5.95 Å². The van der Waals surface area contributed by atoms with Crippen LogP contribution in [0.2, 0.25) is 0 Å². The molecule has 1 saturated heterocycles. The van der Waals surface area contributed by atoms with Crippen molar-refractivity contribution >= 4 is 5.95 Å². The molecule has 0 bridgehead atoms. The molecule has 0 N–H and O–H groups in total. The van der Waals surface area contributed by atoms with Gasteiger partial charge in [0.2, 0.25) is 5.95 Å². The van der Waals surface area contributed by atoms with E-state index in [-0.39, 0.29) is 0 Å². The van der Waals surface area contributed by atoms with E-state index in [4.69, 9.17) is 5.26 Å². The van der Waals surface area contributed by atoms with Crippen molar-refractivity contribution in [3.63, 3.8) is 0 Å². The minimum atomic E-state index is 0.436. The van der Waals surface area contributed by atoms with E-state index in [2.05, 4.69) is 39.9 Å². The largest absolute Gasteiger partial charge is 0.337 e. The summed E-state index contributed by atoms with van der Waals surface area (Å²) >= 11 is 0. The molecule has 5 heteroatoms. The van der Waals surface area contributed by atoms with Gasteiger partial charge in [-0.3, -0.25) is 0 Å². The summed E-state index contributed by atoms with van der Waals surface area (Å²) in [5.41, 5.74) is 0.436. The predicted octanol–water partition coefficient (Wildman–Crippen LogP) is 0.879. The highest BCUT2D eigenvalue weighted by atomic mass is 15.3. The average molecular weight is 231 g/mol. The van der Waals surface area contributed by atoms with E-state index in [0.717, 1.165) is 13.1 Å². The molecular weight excluding hydrogens is 214 g/mol. The molecule has 5 nitrogen and oxygen atoms in total. The summed E-state index contributed by atoms with van der Waals surface area (Å²) in [6.07, 6.45) is 3.99. The molecule has 2 heterocycles. The van der Waals surface area contributed by atoms with Crippen LogP contribution in [0.1, 0.15) is 18.5 Å². The number of aromatic nitrogens is 2. The Labute approximate surface area is 102 Å². The molecule has 2 rings (SSSR count). The lowest BCUT2D eigenvalue weighted by atomic mass is 10.2. The molecule has 1 aliphatic heterocycles. The van der Waals surface area contributed by atoms with Crippen molar-refractivity contribution in [1.82, 2.24) is 14.9 Å². The highest BCUT2D eigenvalue weighted by molar-refractivity contribution is 5.36. The highest BCUT2D eigenvalue weighted by Crippen LogP contribution is 2.22. The summed E-state index contributed by atoms with van der Waals surface area (Å²) in [6, 6.07) is 4.15. The van der Waals surface area contributed by atoms with Gasteiger partial charge in [0.1, 0.15) is 11.8 Å². The molecule has 1 aromatic heterocycles. The second-order valence-corrected chi connectivity index (χ2v) is 4.61. The van der Waals surface area contributed by atoms with Gasteiger partial charge in [-0.25, -0.2) is 9.97 Å². The second-order valence-electron chi connectivity index (χ2n) is 4.61.